The maximum atomic E-state index is 13.2. The van der Waals surface area contributed by atoms with Gasteiger partial charge in [0, 0.05) is 96.6 Å². The van der Waals surface area contributed by atoms with Crippen LogP contribution in [-0.2, 0) is 46.8 Å². The number of nitriles is 1. The van der Waals surface area contributed by atoms with Gasteiger partial charge in [0.1, 0.15) is 47.3 Å². The molecule has 0 atom stereocenters. The molecule has 5 N–H and O–H groups in total. The van der Waals surface area contributed by atoms with Crippen molar-refractivity contribution in [2.24, 2.45) is 5.73 Å². The number of halogens is 25. The maximum Gasteiger partial charge on any atom is 1.00 e. The molecule has 0 spiro atoms. The minimum Gasteiger partial charge on any atom is -1.00 e. The molecule has 1 amide bonds. The first-order valence-corrected chi connectivity index (χ1v) is 34.9. The number of aliphatic carboxylic acids is 1. The number of benzene rings is 7. The van der Waals surface area contributed by atoms with Gasteiger partial charge in [0.25, 0.3) is 16.8 Å². The fraction of sp³-hybridized carbons (Fsp3) is 0.382. The first kappa shape index (κ1) is 114. The number of amides is 1. The summed E-state index contributed by atoms with van der Waals surface area (Å²) in [4.78, 5) is 50.8. The Morgan fingerprint density at radius 2 is 0.864 bits per heavy atom. The van der Waals surface area contributed by atoms with Gasteiger partial charge in [0.2, 0.25) is 11.7 Å². The van der Waals surface area contributed by atoms with Crippen molar-refractivity contribution < 1.29 is 178 Å². The van der Waals surface area contributed by atoms with Crippen LogP contribution in [0.2, 0.25) is 0 Å². The molecule has 2 aliphatic rings. The number of carboxylic acids is 1. The Balaban J connectivity index is 0. The maximum absolute atomic E-state index is 13.2. The largest absolute Gasteiger partial charge is 1.00 e. The summed E-state index contributed by atoms with van der Waals surface area (Å²) >= 11 is 0. The normalized spacial score (nSPS) is 13.2. The SMILES string of the molecule is FC(F)(F)CCNCc1ccc(OC(F)(F)F)cc1.N#Cc1ccc(OC(F)(F)F)cc1.NCc1ccc(OC(F)(F)F)cc1.O=C(CC(F)(F)F)NCc1ccc(OC(F)(F)F)cc1.O=C(O)CC(F)(F)F.[AlH3].[B].[C-]#[N+]C1(c2ccc(F)c([N+](=O)[O-])c2)CCCC1.[C-]#[N+]C1(c2ccc(N(CCC)Cc3ccc(OC(F)(F)F)cc3)c([N+](=O)[O-])c2)CCCC1.[H-].[Li+]. The zero-order chi connectivity index (χ0) is 92.3. The van der Waals surface area contributed by atoms with E-state index in [0.717, 1.165) is 80.1 Å². The minimum atomic E-state index is -4.82. The van der Waals surface area contributed by atoms with Crippen LogP contribution in [0.5, 0.6) is 28.7 Å². The molecule has 9 rings (SSSR count). The molecule has 21 nitrogen and oxygen atoms in total. The molecule has 3 radical (unpaired) electrons. The van der Waals surface area contributed by atoms with E-state index in [0.29, 0.717) is 72.3 Å². The molecular formula is C76H74AlBF25LiN9O12. The van der Waals surface area contributed by atoms with Crippen LogP contribution in [0.3, 0.4) is 0 Å². The zero-order valence-electron chi connectivity index (χ0n) is 65.5. The van der Waals surface area contributed by atoms with E-state index in [4.69, 9.17) is 29.2 Å². The summed E-state index contributed by atoms with van der Waals surface area (Å²) in [6, 6.07) is 35.5. The van der Waals surface area contributed by atoms with Gasteiger partial charge in [-0.3, -0.25) is 29.8 Å². The van der Waals surface area contributed by atoms with Gasteiger partial charge in [-0.25, -0.2) is 13.1 Å². The molecule has 0 unspecified atom stereocenters. The molecule has 49 heteroatoms. The molecule has 7 aromatic rings. The first-order valence-electron chi connectivity index (χ1n) is 34.9. The van der Waals surface area contributed by atoms with E-state index in [9.17, 15) is 140 Å². The van der Waals surface area contributed by atoms with E-state index in [1.165, 1.54) is 103 Å². The van der Waals surface area contributed by atoms with Gasteiger partial charge in [-0.1, -0.05) is 55.5 Å². The molecule has 0 aromatic heterocycles. The summed E-state index contributed by atoms with van der Waals surface area (Å²) in [7, 11) is 0. The van der Waals surface area contributed by atoms with Gasteiger partial charge >= 0.3 is 80.9 Å². The number of nitrogens with one attached hydrogen (secondary N) is 2. The molecule has 7 aromatic carbocycles. The van der Waals surface area contributed by atoms with Crippen LogP contribution in [0, 0.1) is 50.5 Å². The predicted octanol–water partition coefficient (Wildman–Crippen LogP) is 17.9. The quantitative estimate of drug-likeness (QED) is 0.0116. The third-order valence-corrected chi connectivity index (χ3v) is 16.1. The van der Waals surface area contributed by atoms with Crippen LogP contribution in [0.25, 0.3) is 9.69 Å². The second-order valence-corrected chi connectivity index (χ2v) is 25.5. The number of nitro benzene ring substituents is 2. The summed E-state index contributed by atoms with van der Waals surface area (Å²) in [5.41, 5.74) is 7.58. The van der Waals surface area contributed by atoms with Gasteiger partial charge in [-0.2, -0.15) is 49.2 Å². The van der Waals surface area contributed by atoms with Crippen molar-refractivity contribution in [3.8, 4) is 34.8 Å². The fourth-order valence-corrected chi connectivity index (χ4v) is 10.8. The van der Waals surface area contributed by atoms with E-state index in [-0.39, 0.29) is 106 Å². The van der Waals surface area contributed by atoms with Gasteiger partial charge in [0.15, 0.2) is 17.4 Å². The number of hydrogen-bond acceptors (Lipinski definition) is 15. The van der Waals surface area contributed by atoms with Crippen LogP contribution >= 0.6 is 0 Å². The van der Waals surface area contributed by atoms with Crippen LogP contribution < -0.4 is 63.8 Å². The molecule has 0 aliphatic heterocycles. The average molecular weight is 1830 g/mol. The number of carbonyl (C=O) groups is 2. The van der Waals surface area contributed by atoms with Crippen molar-refractivity contribution >= 4 is 54.7 Å². The minimum absolute atomic E-state index is 0. The summed E-state index contributed by atoms with van der Waals surface area (Å²) < 4.78 is 314. The van der Waals surface area contributed by atoms with Crippen molar-refractivity contribution in [2.75, 3.05) is 18.0 Å². The van der Waals surface area contributed by atoms with E-state index in [1.807, 2.05) is 17.1 Å². The fourth-order valence-electron chi connectivity index (χ4n) is 10.8. The number of nitrogens with two attached hydrogens (primary N) is 1. The first-order chi connectivity index (χ1) is 56.4. The van der Waals surface area contributed by atoms with Crippen molar-refractivity contribution in [1.29, 1.82) is 5.26 Å². The molecule has 0 heterocycles. The number of anilines is 1. The Kier molecular flexibility index (Phi) is 46.8. The van der Waals surface area contributed by atoms with Gasteiger partial charge in [-0.15, -0.1) is 65.9 Å². The Morgan fingerprint density at radius 3 is 1.17 bits per heavy atom. The van der Waals surface area contributed by atoms with E-state index >= 15 is 0 Å². The van der Waals surface area contributed by atoms with Crippen LogP contribution in [0.4, 0.5) is 127 Å². The van der Waals surface area contributed by atoms with Crippen LogP contribution in [0.1, 0.15) is 124 Å². The number of rotatable bonds is 23. The number of carbonyl (C=O) groups excluding carboxylic acids is 1. The van der Waals surface area contributed by atoms with E-state index in [2.05, 4.69) is 38.7 Å². The van der Waals surface area contributed by atoms with E-state index < -0.39 is 120 Å². The van der Waals surface area contributed by atoms with Crippen LogP contribution in [0.15, 0.2) is 158 Å². The van der Waals surface area contributed by atoms with Crippen molar-refractivity contribution in [2.45, 2.75) is 172 Å². The molecule has 0 bridgehead atoms. The van der Waals surface area contributed by atoms with Gasteiger partial charge in [-0.05, 0) is 151 Å². The summed E-state index contributed by atoms with van der Waals surface area (Å²) in [5.74, 6) is -5.62. The third kappa shape index (κ3) is 47.0. The standard InChI is InChI=1S/C23H24F3N3O3.C12H11FN2O2.C11H9F6NO2.C11H11F6NO.C8H8F3NO.C8H4F3NO.C3H3F3O2.Al.B.Li.4H/c1-3-14-28(16-17-6-9-19(10-7-17)32-23(24,25)26)20-11-8-18(15-21(20)29(30)31)22(27-2)12-4-5-13-22;1-14-12(6-2-3-7-12)9-4-5-10(13)11(8-9)15(16)17;12-10(13,14)5-9(19)18-6-7-1-3-8(4-2-7)20-11(15,16)17;12-10(13,14)5-6-18-7-8-1-3-9(4-2-8)19-11(15,16)17;2*9-8(10,11)13-7-3-1-6(5-12)2-4-7;4-3(5,6)1-2(7)8;;;;;;;/h6-11,15H,3-5,12-14,16H2,1H3;4-5,8H,2-3,6-7H2;1-4H,5-6H2,(H,18,19);1-4,18H,5-7H2;1-4H,5,12H2;1-4H;1H2,(H,7,8);;;;;;;/q;;;;;;;;;+1;;;;-1. The Hall–Kier alpha value is -11.1. The monoisotopic (exact) mass is 1820 g/mol. The number of alkyl halides is 24. The second kappa shape index (κ2) is 51.4. The Bertz CT molecular complexity index is 4590. The topological polar surface area (TPSA) is 273 Å². The van der Waals surface area contributed by atoms with Crippen LogP contribution in [-0.4, -0.2) is 116 Å². The van der Waals surface area contributed by atoms with Crippen molar-refractivity contribution in [1.82, 2.24) is 10.6 Å². The summed E-state index contributed by atoms with van der Waals surface area (Å²) in [6.07, 6.45) is -34.2. The molecule has 125 heavy (non-hydrogen) atoms. The Morgan fingerprint density at radius 1 is 0.528 bits per heavy atom. The van der Waals surface area contributed by atoms with Gasteiger partial charge in [0.05, 0.1) is 27.9 Å². The summed E-state index contributed by atoms with van der Waals surface area (Å²) in [6.45, 7) is 17.7. The summed E-state index contributed by atoms with van der Waals surface area (Å²) in [5, 5.41) is 43.0. The number of hydrogen-bond donors (Lipinski definition) is 4. The molecule has 677 valence electrons. The smallest absolute Gasteiger partial charge is 1.00 e. The number of nitro groups is 2. The van der Waals surface area contributed by atoms with Gasteiger partial charge < -0.3 is 61.2 Å². The van der Waals surface area contributed by atoms with Crippen molar-refractivity contribution in [3.63, 3.8) is 0 Å². The predicted molar refractivity (Wildman–Crippen MR) is 399 cm³/mol. The molecule has 0 saturated heterocycles. The average Bonchev–Trinajstić information content (AvgIpc) is 1.50. The second-order valence-electron chi connectivity index (χ2n) is 25.5. The van der Waals surface area contributed by atoms with E-state index in [1.54, 1.807) is 18.2 Å². The number of nitrogens with zero attached hydrogens (tertiary/aromatic N) is 6. The molecule has 2 saturated carbocycles. The third-order valence-electron chi connectivity index (χ3n) is 16.1. The Labute approximate surface area is 721 Å². The zero-order valence-corrected chi connectivity index (χ0v) is 64.5. The van der Waals surface area contributed by atoms with Crippen molar-refractivity contribution in [3.05, 3.63) is 246 Å². The number of ether oxygens (including phenoxy) is 5. The molecule has 2 fully saturated rings. The molecular weight excluding hydrogens is 1750 g/mol. The number of carboxylic acid groups (broad SMARTS) is 1. The molecule has 2 aliphatic carbocycles.